The van der Waals surface area contributed by atoms with Crippen molar-refractivity contribution < 1.29 is 4.74 Å². The summed E-state index contributed by atoms with van der Waals surface area (Å²) in [6, 6.07) is 11.0. The van der Waals surface area contributed by atoms with E-state index in [0.29, 0.717) is 18.1 Å². The molecule has 0 radical (unpaired) electrons. The Balaban J connectivity index is 1.56. The summed E-state index contributed by atoms with van der Waals surface area (Å²) in [6.45, 7) is 4.00. The van der Waals surface area contributed by atoms with Crippen LogP contribution >= 0.6 is 11.8 Å². The summed E-state index contributed by atoms with van der Waals surface area (Å²) in [7, 11) is 0. The summed E-state index contributed by atoms with van der Waals surface area (Å²) in [5.41, 5.74) is 1.35. The molecule has 1 N–H and O–H groups in total. The molecule has 0 bridgehead atoms. The van der Waals surface area contributed by atoms with E-state index in [0.717, 1.165) is 36.9 Å². The third-order valence-corrected chi connectivity index (χ3v) is 5.12. The van der Waals surface area contributed by atoms with Crippen LogP contribution in [0.2, 0.25) is 0 Å². The first kappa shape index (κ1) is 14.0. The SMILES string of the molecule is CCC1OCCC1CN=C1NC(c2ccccc2)CS1. The molecule has 3 unspecified atom stereocenters. The molecule has 2 aliphatic heterocycles. The molecule has 0 aromatic heterocycles. The van der Waals surface area contributed by atoms with Crippen LogP contribution in [0.25, 0.3) is 0 Å². The number of hydrogen-bond acceptors (Lipinski definition) is 3. The van der Waals surface area contributed by atoms with E-state index in [-0.39, 0.29) is 0 Å². The molecule has 2 heterocycles. The molecule has 1 aromatic rings. The van der Waals surface area contributed by atoms with Gasteiger partial charge in [0.15, 0.2) is 5.17 Å². The van der Waals surface area contributed by atoms with Crippen LogP contribution in [0.1, 0.15) is 31.4 Å². The van der Waals surface area contributed by atoms with Gasteiger partial charge in [-0.2, -0.15) is 0 Å². The Kier molecular flexibility index (Phi) is 4.63. The lowest BCUT2D eigenvalue weighted by Crippen LogP contribution is -2.22. The van der Waals surface area contributed by atoms with Crippen molar-refractivity contribution in [1.82, 2.24) is 5.32 Å². The first-order valence-electron chi connectivity index (χ1n) is 7.47. The summed E-state index contributed by atoms with van der Waals surface area (Å²) < 4.78 is 5.72. The number of aliphatic imine (C=N–C) groups is 1. The van der Waals surface area contributed by atoms with Gasteiger partial charge >= 0.3 is 0 Å². The fraction of sp³-hybridized carbons (Fsp3) is 0.562. The van der Waals surface area contributed by atoms with Crippen molar-refractivity contribution in [2.45, 2.75) is 31.9 Å². The highest BCUT2D eigenvalue weighted by atomic mass is 32.2. The minimum atomic E-state index is 0.404. The molecule has 3 nitrogen and oxygen atoms in total. The molecule has 2 saturated heterocycles. The molecular formula is C16H22N2OS. The second kappa shape index (κ2) is 6.64. The Bertz CT molecular complexity index is 463. The lowest BCUT2D eigenvalue weighted by atomic mass is 10.0. The fourth-order valence-corrected chi connectivity index (χ4v) is 3.90. The molecule has 3 atom stereocenters. The Morgan fingerprint density at radius 1 is 1.35 bits per heavy atom. The largest absolute Gasteiger partial charge is 0.378 e. The van der Waals surface area contributed by atoms with E-state index in [4.69, 9.17) is 9.73 Å². The molecule has 108 valence electrons. The summed E-state index contributed by atoms with van der Waals surface area (Å²) >= 11 is 1.84. The van der Waals surface area contributed by atoms with Gasteiger partial charge in [-0.15, -0.1) is 0 Å². The maximum atomic E-state index is 5.72. The van der Waals surface area contributed by atoms with Crippen molar-refractivity contribution >= 4 is 16.9 Å². The monoisotopic (exact) mass is 290 g/mol. The molecule has 0 saturated carbocycles. The molecule has 20 heavy (non-hydrogen) atoms. The number of rotatable bonds is 4. The van der Waals surface area contributed by atoms with E-state index < -0.39 is 0 Å². The zero-order valence-electron chi connectivity index (χ0n) is 11.9. The molecule has 2 aliphatic rings. The van der Waals surface area contributed by atoms with Crippen LogP contribution in [0.4, 0.5) is 0 Å². The minimum absolute atomic E-state index is 0.404. The van der Waals surface area contributed by atoms with Crippen molar-refractivity contribution in [2.75, 3.05) is 18.9 Å². The molecule has 3 rings (SSSR count). The maximum absolute atomic E-state index is 5.72. The van der Waals surface area contributed by atoms with Gasteiger partial charge in [0.2, 0.25) is 0 Å². The predicted molar refractivity (Wildman–Crippen MR) is 85.2 cm³/mol. The number of nitrogens with zero attached hydrogens (tertiary/aromatic N) is 1. The van der Waals surface area contributed by atoms with Crippen LogP contribution < -0.4 is 5.32 Å². The molecular weight excluding hydrogens is 268 g/mol. The topological polar surface area (TPSA) is 33.6 Å². The van der Waals surface area contributed by atoms with Gasteiger partial charge < -0.3 is 10.1 Å². The third kappa shape index (κ3) is 3.18. The fourth-order valence-electron chi connectivity index (χ4n) is 2.90. The zero-order chi connectivity index (χ0) is 13.8. The Hall–Kier alpha value is -1.00. The Morgan fingerprint density at radius 3 is 3.00 bits per heavy atom. The van der Waals surface area contributed by atoms with Crippen molar-refractivity contribution in [3.63, 3.8) is 0 Å². The summed E-state index contributed by atoms with van der Waals surface area (Å²) in [4.78, 5) is 4.77. The molecule has 0 spiro atoms. The van der Waals surface area contributed by atoms with Crippen molar-refractivity contribution in [3.8, 4) is 0 Å². The molecule has 0 amide bonds. The van der Waals surface area contributed by atoms with E-state index >= 15 is 0 Å². The highest BCUT2D eigenvalue weighted by Gasteiger charge is 2.27. The Morgan fingerprint density at radius 2 is 2.20 bits per heavy atom. The van der Waals surface area contributed by atoms with Gasteiger partial charge in [-0.25, -0.2) is 0 Å². The molecule has 4 heteroatoms. The van der Waals surface area contributed by atoms with E-state index in [9.17, 15) is 0 Å². The summed E-state index contributed by atoms with van der Waals surface area (Å²) in [6.07, 6.45) is 2.67. The average molecular weight is 290 g/mol. The van der Waals surface area contributed by atoms with Crippen LogP contribution in [-0.2, 0) is 4.74 Å². The highest BCUT2D eigenvalue weighted by Crippen LogP contribution is 2.27. The maximum Gasteiger partial charge on any atom is 0.157 e. The highest BCUT2D eigenvalue weighted by molar-refractivity contribution is 8.14. The number of amidine groups is 1. The normalized spacial score (nSPS) is 31.6. The van der Waals surface area contributed by atoms with E-state index in [1.54, 1.807) is 0 Å². The van der Waals surface area contributed by atoms with E-state index in [1.807, 2.05) is 11.8 Å². The lowest BCUT2D eigenvalue weighted by molar-refractivity contribution is 0.0893. The standard InChI is InChI=1S/C16H22N2OS/c1-2-15-13(8-9-19-15)10-17-16-18-14(11-20-16)12-6-4-3-5-7-12/h3-7,13-15H,2,8-11H2,1H3,(H,17,18). The number of benzene rings is 1. The number of thioether (sulfide) groups is 1. The van der Waals surface area contributed by atoms with E-state index in [1.165, 1.54) is 5.56 Å². The quantitative estimate of drug-likeness (QED) is 0.924. The molecule has 1 aromatic carbocycles. The minimum Gasteiger partial charge on any atom is -0.378 e. The average Bonchev–Trinajstić information content (AvgIpc) is 3.15. The Labute approximate surface area is 125 Å². The van der Waals surface area contributed by atoms with Gasteiger partial charge in [0.05, 0.1) is 12.1 Å². The predicted octanol–water partition coefficient (Wildman–Crippen LogP) is 3.24. The summed E-state index contributed by atoms with van der Waals surface area (Å²) in [5, 5.41) is 4.63. The number of hydrogen-bond donors (Lipinski definition) is 1. The van der Waals surface area contributed by atoms with Gasteiger partial charge in [0, 0.05) is 24.8 Å². The summed E-state index contributed by atoms with van der Waals surface area (Å²) in [5.74, 6) is 1.67. The lowest BCUT2D eigenvalue weighted by Gasteiger charge is -2.14. The van der Waals surface area contributed by atoms with Crippen molar-refractivity contribution in [2.24, 2.45) is 10.9 Å². The van der Waals surface area contributed by atoms with E-state index in [2.05, 4.69) is 42.6 Å². The van der Waals surface area contributed by atoms with Crippen LogP contribution in [0.3, 0.4) is 0 Å². The van der Waals surface area contributed by atoms with Crippen LogP contribution in [-0.4, -0.2) is 30.2 Å². The van der Waals surface area contributed by atoms with Crippen molar-refractivity contribution in [1.29, 1.82) is 0 Å². The second-order valence-electron chi connectivity index (χ2n) is 5.43. The second-order valence-corrected chi connectivity index (χ2v) is 6.44. The number of nitrogens with one attached hydrogen (secondary N) is 1. The van der Waals surface area contributed by atoms with Crippen molar-refractivity contribution in [3.05, 3.63) is 35.9 Å². The zero-order valence-corrected chi connectivity index (χ0v) is 12.7. The molecule has 2 fully saturated rings. The first-order chi connectivity index (χ1) is 9.86. The third-order valence-electron chi connectivity index (χ3n) is 4.10. The number of ether oxygens (including phenoxy) is 1. The smallest absolute Gasteiger partial charge is 0.157 e. The van der Waals surface area contributed by atoms with Crippen LogP contribution in [0, 0.1) is 5.92 Å². The van der Waals surface area contributed by atoms with Gasteiger partial charge in [-0.05, 0) is 18.4 Å². The van der Waals surface area contributed by atoms with Crippen LogP contribution in [0.5, 0.6) is 0 Å². The van der Waals surface area contributed by atoms with Crippen LogP contribution in [0.15, 0.2) is 35.3 Å². The van der Waals surface area contributed by atoms with Gasteiger partial charge in [-0.3, -0.25) is 4.99 Å². The van der Waals surface area contributed by atoms with Gasteiger partial charge in [0.1, 0.15) is 0 Å². The van der Waals surface area contributed by atoms with Gasteiger partial charge in [0.25, 0.3) is 0 Å². The molecule has 0 aliphatic carbocycles. The first-order valence-corrected chi connectivity index (χ1v) is 8.45. The van der Waals surface area contributed by atoms with Gasteiger partial charge in [-0.1, -0.05) is 49.0 Å².